The predicted molar refractivity (Wildman–Crippen MR) is 57.4 cm³/mol. The molecule has 1 aliphatic rings. The van der Waals surface area contributed by atoms with E-state index < -0.39 is 33.4 Å². The van der Waals surface area contributed by atoms with E-state index in [1.165, 1.54) is 6.92 Å². The summed E-state index contributed by atoms with van der Waals surface area (Å²) in [6, 6.07) is 0.359. The number of rotatable bonds is 4. The summed E-state index contributed by atoms with van der Waals surface area (Å²) in [6.45, 7) is 1.27. The minimum absolute atomic E-state index is 0.0811. The first-order valence-corrected chi connectivity index (χ1v) is 6.66. The molecule has 0 amide bonds. The van der Waals surface area contributed by atoms with Crippen LogP contribution >= 0.6 is 0 Å². The molecular formula is C9H14N2O5S. The second-order valence-corrected chi connectivity index (χ2v) is 5.95. The maximum absolute atomic E-state index is 12.0. The number of hydrogen-bond acceptors (Lipinski definition) is 5. The zero-order valence-electron chi connectivity index (χ0n) is 9.28. The number of nitriles is 1. The van der Waals surface area contributed by atoms with Crippen LogP contribution in [0.1, 0.15) is 19.8 Å². The summed E-state index contributed by atoms with van der Waals surface area (Å²) < 4.78 is 24.7. The third-order valence-corrected chi connectivity index (χ3v) is 4.94. The van der Waals surface area contributed by atoms with Gasteiger partial charge in [0.25, 0.3) is 0 Å². The van der Waals surface area contributed by atoms with E-state index >= 15 is 0 Å². The van der Waals surface area contributed by atoms with Gasteiger partial charge in [0.1, 0.15) is 6.04 Å². The van der Waals surface area contributed by atoms with Crippen LogP contribution in [-0.2, 0) is 14.8 Å². The van der Waals surface area contributed by atoms with Gasteiger partial charge in [-0.2, -0.15) is 9.57 Å². The Balaban J connectivity index is 3.06. The molecule has 1 saturated heterocycles. The number of carboxylic acid groups (broad SMARTS) is 1. The van der Waals surface area contributed by atoms with Gasteiger partial charge < -0.3 is 10.2 Å². The van der Waals surface area contributed by atoms with Crippen molar-refractivity contribution in [3.63, 3.8) is 0 Å². The smallest absolute Gasteiger partial charge is 0.322 e. The Morgan fingerprint density at radius 3 is 2.65 bits per heavy atom. The fourth-order valence-corrected chi connectivity index (χ4v) is 3.61. The van der Waals surface area contributed by atoms with Crippen LogP contribution in [-0.4, -0.2) is 52.8 Å². The average molecular weight is 262 g/mol. The van der Waals surface area contributed by atoms with Crippen LogP contribution in [0.15, 0.2) is 0 Å². The Kier molecular flexibility index (Phi) is 4.08. The molecule has 96 valence electrons. The van der Waals surface area contributed by atoms with Crippen LogP contribution in [0.25, 0.3) is 0 Å². The topological polar surface area (TPSA) is 119 Å². The quantitative estimate of drug-likeness (QED) is 0.680. The lowest BCUT2D eigenvalue weighted by Gasteiger charge is -2.22. The predicted octanol–water partition coefficient (Wildman–Crippen LogP) is -0.862. The van der Waals surface area contributed by atoms with Crippen molar-refractivity contribution in [1.82, 2.24) is 4.31 Å². The first-order chi connectivity index (χ1) is 7.84. The lowest BCUT2D eigenvalue weighted by Crippen LogP contribution is -2.44. The SMILES string of the molecule is CCC(C#N)S(=O)(=O)N1CC(O)C[C@H]1C(=O)O. The standard InChI is InChI=1S/C9H14N2O5S/c1-2-7(4-10)17(15,16)11-5-6(12)3-8(11)9(13)14/h6-8,12H,2-3,5H2,1H3,(H,13,14)/t6?,7?,8-/m0/s1. The largest absolute Gasteiger partial charge is 0.480 e. The van der Waals surface area contributed by atoms with E-state index in [2.05, 4.69) is 0 Å². The number of aliphatic hydroxyl groups excluding tert-OH is 1. The van der Waals surface area contributed by atoms with Crippen LogP contribution < -0.4 is 0 Å². The van der Waals surface area contributed by atoms with Crippen LogP contribution in [0.4, 0.5) is 0 Å². The van der Waals surface area contributed by atoms with E-state index in [9.17, 15) is 18.3 Å². The number of carboxylic acids is 1. The third kappa shape index (κ3) is 2.57. The lowest BCUT2D eigenvalue weighted by molar-refractivity contribution is -0.140. The van der Waals surface area contributed by atoms with Gasteiger partial charge in [-0.05, 0) is 6.42 Å². The van der Waals surface area contributed by atoms with Crippen molar-refractivity contribution < 1.29 is 23.4 Å². The summed E-state index contributed by atoms with van der Waals surface area (Å²) in [5, 5.41) is 25.7. The molecule has 0 bridgehead atoms. The molecule has 1 aliphatic heterocycles. The molecule has 0 aromatic rings. The maximum Gasteiger partial charge on any atom is 0.322 e. The van der Waals surface area contributed by atoms with E-state index in [4.69, 9.17) is 10.4 Å². The molecule has 7 nitrogen and oxygen atoms in total. The molecular weight excluding hydrogens is 248 g/mol. The van der Waals surface area contributed by atoms with Crippen LogP contribution in [0.5, 0.6) is 0 Å². The van der Waals surface area contributed by atoms with Gasteiger partial charge in [0.05, 0.1) is 12.2 Å². The second kappa shape index (κ2) is 5.00. The van der Waals surface area contributed by atoms with E-state index in [0.29, 0.717) is 0 Å². The molecule has 0 aromatic heterocycles. The summed E-state index contributed by atoms with van der Waals surface area (Å²) in [5.74, 6) is -1.31. The monoisotopic (exact) mass is 262 g/mol. The van der Waals surface area contributed by atoms with E-state index in [-0.39, 0.29) is 19.4 Å². The van der Waals surface area contributed by atoms with Crippen molar-refractivity contribution in [3.05, 3.63) is 0 Å². The van der Waals surface area contributed by atoms with E-state index in [1.807, 2.05) is 0 Å². The summed E-state index contributed by atoms with van der Waals surface area (Å²) in [4.78, 5) is 10.9. The number of sulfonamides is 1. The summed E-state index contributed by atoms with van der Waals surface area (Å²) in [5.41, 5.74) is 0. The number of carbonyl (C=O) groups is 1. The molecule has 1 heterocycles. The first kappa shape index (κ1) is 13.9. The fourth-order valence-electron chi connectivity index (χ4n) is 1.82. The third-order valence-electron chi connectivity index (χ3n) is 2.72. The van der Waals surface area contributed by atoms with Crippen molar-refractivity contribution >= 4 is 16.0 Å². The molecule has 3 atom stereocenters. The Morgan fingerprint density at radius 2 is 2.24 bits per heavy atom. The molecule has 0 aromatic carbocycles. The highest BCUT2D eigenvalue weighted by Crippen LogP contribution is 2.25. The normalized spacial score (nSPS) is 27.6. The minimum Gasteiger partial charge on any atom is -0.480 e. The molecule has 0 radical (unpaired) electrons. The van der Waals surface area contributed by atoms with E-state index in [1.54, 1.807) is 6.07 Å². The molecule has 2 N–H and O–H groups in total. The molecule has 1 rings (SSSR count). The number of aliphatic hydroxyl groups is 1. The maximum atomic E-state index is 12.0. The summed E-state index contributed by atoms with van der Waals surface area (Å²) in [6.07, 6.45) is -1.06. The van der Waals surface area contributed by atoms with E-state index in [0.717, 1.165) is 4.31 Å². The molecule has 0 spiro atoms. The van der Waals surface area contributed by atoms with Crippen LogP contribution in [0, 0.1) is 11.3 Å². The molecule has 1 fully saturated rings. The van der Waals surface area contributed by atoms with Crippen molar-refractivity contribution in [2.45, 2.75) is 37.2 Å². The minimum atomic E-state index is -4.00. The summed E-state index contributed by atoms with van der Waals surface area (Å²) in [7, 11) is -4.00. The van der Waals surface area contributed by atoms with Gasteiger partial charge in [0.2, 0.25) is 10.0 Å². The van der Waals surface area contributed by atoms with Gasteiger partial charge in [-0.1, -0.05) is 6.92 Å². The highest BCUT2D eigenvalue weighted by atomic mass is 32.2. The fraction of sp³-hybridized carbons (Fsp3) is 0.778. The lowest BCUT2D eigenvalue weighted by atomic mass is 10.2. The van der Waals surface area contributed by atoms with Crippen molar-refractivity contribution in [2.24, 2.45) is 0 Å². The first-order valence-electron chi connectivity index (χ1n) is 5.15. The van der Waals surface area contributed by atoms with Crippen molar-refractivity contribution in [3.8, 4) is 6.07 Å². The highest BCUT2D eigenvalue weighted by Gasteiger charge is 2.45. The van der Waals surface area contributed by atoms with Gasteiger partial charge in [0.15, 0.2) is 5.25 Å². The Morgan fingerprint density at radius 1 is 1.65 bits per heavy atom. The number of hydrogen-bond donors (Lipinski definition) is 2. The van der Waals surface area contributed by atoms with Gasteiger partial charge >= 0.3 is 5.97 Å². The molecule has 8 heteroatoms. The van der Waals surface area contributed by atoms with Crippen molar-refractivity contribution in [1.29, 1.82) is 5.26 Å². The molecule has 17 heavy (non-hydrogen) atoms. The average Bonchev–Trinajstić information content (AvgIpc) is 2.62. The highest BCUT2D eigenvalue weighted by molar-refractivity contribution is 7.90. The van der Waals surface area contributed by atoms with Gasteiger partial charge in [-0.3, -0.25) is 4.79 Å². The van der Waals surface area contributed by atoms with Gasteiger partial charge in [0, 0.05) is 13.0 Å². The zero-order valence-corrected chi connectivity index (χ0v) is 10.1. The van der Waals surface area contributed by atoms with Gasteiger partial charge in [-0.25, -0.2) is 8.42 Å². The van der Waals surface area contributed by atoms with Crippen LogP contribution in [0.2, 0.25) is 0 Å². The number of β-amino-alcohol motifs (C(OH)–C–C–N with tert-alkyl or cyclic N) is 1. The summed E-state index contributed by atoms with van der Waals surface area (Å²) >= 11 is 0. The Labute approximate surface area is 99.3 Å². The number of aliphatic carboxylic acids is 1. The van der Waals surface area contributed by atoms with Gasteiger partial charge in [-0.15, -0.1) is 0 Å². The second-order valence-electron chi connectivity index (χ2n) is 3.88. The Bertz CT molecular complexity index is 441. The molecule has 0 aliphatic carbocycles. The molecule has 0 saturated carbocycles. The zero-order chi connectivity index (χ0) is 13.2. The number of nitrogens with zero attached hydrogens (tertiary/aromatic N) is 2. The van der Waals surface area contributed by atoms with Crippen molar-refractivity contribution in [2.75, 3.05) is 6.54 Å². The Hall–Kier alpha value is -1.17. The van der Waals surface area contributed by atoms with Crippen LogP contribution in [0.3, 0.4) is 0 Å². The molecule has 2 unspecified atom stereocenters.